The van der Waals surface area contributed by atoms with E-state index in [1.807, 2.05) is 6.92 Å². The van der Waals surface area contributed by atoms with E-state index in [1.54, 1.807) is 18.0 Å². The Hall–Kier alpha value is -0.400. The molecule has 0 saturated heterocycles. The van der Waals surface area contributed by atoms with Crippen molar-refractivity contribution in [1.82, 2.24) is 10.2 Å². The lowest BCUT2D eigenvalue weighted by atomic mass is 10.3. The molecule has 0 saturated carbocycles. The molecular formula is C11H14Br2N2O2S. The molecule has 4 nitrogen and oxygen atoms in total. The fraction of sp³-hybridized carbons (Fsp3) is 0.455. The summed E-state index contributed by atoms with van der Waals surface area (Å²) >= 11 is 8.07. The SMILES string of the molecule is CCCN(CC(=O)NC)C(=O)c1cc(Br)c(Br)s1. The zero-order chi connectivity index (χ0) is 13.7. The van der Waals surface area contributed by atoms with Gasteiger partial charge >= 0.3 is 0 Å². The molecule has 0 spiro atoms. The number of carbonyl (C=O) groups is 2. The Morgan fingerprint density at radius 2 is 2.11 bits per heavy atom. The first-order chi connectivity index (χ1) is 8.49. The van der Waals surface area contributed by atoms with Gasteiger partial charge in [-0.25, -0.2) is 0 Å². The summed E-state index contributed by atoms with van der Waals surface area (Å²) in [6, 6.07) is 1.77. The van der Waals surface area contributed by atoms with E-state index in [9.17, 15) is 9.59 Å². The lowest BCUT2D eigenvalue weighted by Crippen LogP contribution is -2.39. The number of hydrogen-bond acceptors (Lipinski definition) is 3. The van der Waals surface area contributed by atoms with Gasteiger partial charge in [0.15, 0.2) is 0 Å². The van der Waals surface area contributed by atoms with Crippen LogP contribution in [-0.4, -0.2) is 36.9 Å². The minimum atomic E-state index is -0.161. The highest BCUT2D eigenvalue weighted by Crippen LogP contribution is 2.32. The highest BCUT2D eigenvalue weighted by molar-refractivity contribution is 9.13. The van der Waals surface area contributed by atoms with Gasteiger partial charge in [-0.1, -0.05) is 6.92 Å². The third-order valence-corrected chi connectivity index (χ3v) is 5.49. The molecular weight excluding hydrogens is 384 g/mol. The summed E-state index contributed by atoms with van der Waals surface area (Å²) in [5.74, 6) is -0.275. The van der Waals surface area contributed by atoms with Crippen LogP contribution >= 0.6 is 43.2 Å². The molecule has 1 N–H and O–H groups in total. The predicted octanol–water partition coefficient (Wildman–Crippen LogP) is 2.87. The third kappa shape index (κ3) is 4.07. The van der Waals surface area contributed by atoms with Gasteiger partial charge in [0, 0.05) is 18.1 Å². The summed E-state index contributed by atoms with van der Waals surface area (Å²) in [6.45, 7) is 2.64. The Kier molecular flexibility index (Phi) is 6.31. The number of halogens is 2. The maximum Gasteiger partial charge on any atom is 0.264 e. The number of hydrogen-bond donors (Lipinski definition) is 1. The largest absolute Gasteiger partial charge is 0.358 e. The quantitative estimate of drug-likeness (QED) is 0.830. The summed E-state index contributed by atoms with van der Waals surface area (Å²) < 4.78 is 1.73. The van der Waals surface area contributed by atoms with Crippen molar-refractivity contribution >= 4 is 55.0 Å². The maximum absolute atomic E-state index is 12.3. The number of likely N-dealkylation sites (N-methyl/N-ethyl adjacent to an activating group) is 1. The Balaban J connectivity index is 2.84. The summed E-state index contributed by atoms with van der Waals surface area (Å²) in [4.78, 5) is 25.8. The predicted molar refractivity (Wildman–Crippen MR) is 80.0 cm³/mol. The first kappa shape index (κ1) is 15.7. The van der Waals surface area contributed by atoms with Gasteiger partial charge < -0.3 is 10.2 Å². The molecule has 0 unspecified atom stereocenters. The smallest absolute Gasteiger partial charge is 0.264 e. The molecule has 0 radical (unpaired) electrons. The van der Waals surface area contributed by atoms with Crippen LogP contribution in [0.5, 0.6) is 0 Å². The molecule has 0 aliphatic carbocycles. The van der Waals surface area contributed by atoms with E-state index < -0.39 is 0 Å². The van der Waals surface area contributed by atoms with E-state index in [1.165, 1.54) is 11.3 Å². The molecule has 0 bridgehead atoms. The molecule has 18 heavy (non-hydrogen) atoms. The number of nitrogens with zero attached hydrogens (tertiary/aromatic N) is 1. The van der Waals surface area contributed by atoms with Crippen molar-refractivity contribution in [3.05, 3.63) is 19.2 Å². The van der Waals surface area contributed by atoms with Gasteiger partial charge in [0.05, 0.1) is 15.2 Å². The van der Waals surface area contributed by atoms with E-state index in [2.05, 4.69) is 37.2 Å². The molecule has 0 fully saturated rings. The van der Waals surface area contributed by atoms with Gasteiger partial charge in [-0.2, -0.15) is 0 Å². The average molecular weight is 398 g/mol. The number of carbonyl (C=O) groups excluding carboxylic acids is 2. The summed E-state index contributed by atoms with van der Waals surface area (Å²) in [7, 11) is 1.56. The first-order valence-electron chi connectivity index (χ1n) is 5.44. The Labute approximate surface area is 127 Å². The van der Waals surface area contributed by atoms with Crippen LogP contribution in [0, 0.1) is 0 Å². The highest BCUT2D eigenvalue weighted by atomic mass is 79.9. The van der Waals surface area contributed by atoms with Crippen LogP contribution in [0.25, 0.3) is 0 Å². The van der Waals surface area contributed by atoms with Crippen molar-refractivity contribution < 1.29 is 9.59 Å². The lowest BCUT2D eigenvalue weighted by Gasteiger charge is -2.20. The average Bonchev–Trinajstić information content (AvgIpc) is 2.68. The van der Waals surface area contributed by atoms with E-state index in [0.717, 1.165) is 14.7 Å². The summed E-state index contributed by atoms with van der Waals surface area (Å²) in [6.07, 6.45) is 0.816. The second-order valence-corrected chi connectivity index (χ2v) is 6.86. The number of nitrogens with one attached hydrogen (secondary N) is 1. The Morgan fingerprint density at radius 1 is 1.44 bits per heavy atom. The summed E-state index contributed by atoms with van der Waals surface area (Å²) in [5, 5.41) is 2.53. The number of thiophene rings is 1. The molecule has 1 heterocycles. The van der Waals surface area contributed by atoms with Gasteiger partial charge in [-0.3, -0.25) is 9.59 Å². The zero-order valence-corrected chi connectivity index (χ0v) is 14.1. The molecule has 7 heteroatoms. The van der Waals surface area contributed by atoms with Gasteiger partial charge in [0.25, 0.3) is 5.91 Å². The van der Waals surface area contributed by atoms with Crippen LogP contribution < -0.4 is 5.32 Å². The van der Waals surface area contributed by atoms with Crippen molar-refractivity contribution in [2.75, 3.05) is 20.1 Å². The lowest BCUT2D eigenvalue weighted by molar-refractivity contribution is -0.121. The minimum absolute atomic E-state index is 0.0936. The standard InChI is InChI=1S/C11H14Br2N2O2S/c1-3-4-15(6-9(16)14-2)11(17)8-5-7(12)10(13)18-8/h5H,3-4,6H2,1-2H3,(H,14,16). The first-order valence-corrected chi connectivity index (χ1v) is 7.84. The minimum Gasteiger partial charge on any atom is -0.358 e. The molecule has 1 aromatic heterocycles. The highest BCUT2D eigenvalue weighted by Gasteiger charge is 2.20. The van der Waals surface area contributed by atoms with Crippen LogP contribution in [0.15, 0.2) is 14.3 Å². The molecule has 0 aromatic carbocycles. The number of rotatable bonds is 5. The van der Waals surface area contributed by atoms with Crippen LogP contribution in [0.1, 0.15) is 23.0 Å². The molecule has 2 amide bonds. The fourth-order valence-corrected chi connectivity index (χ4v) is 3.39. The van der Waals surface area contributed by atoms with Crippen molar-refractivity contribution in [3.8, 4) is 0 Å². The van der Waals surface area contributed by atoms with Crippen molar-refractivity contribution in [2.45, 2.75) is 13.3 Å². The number of amides is 2. The Bertz CT molecular complexity index is 429. The van der Waals surface area contributed by atoms with Crippen LogP contribution in [-0.2, 0) is 4.79 Å². The van der Waals surface area contributed by atoms with Gasteiger partial charge in [-0.05, 0) is 44.3 Å². The van der Waals surface area contributed by atoms with Crippen LogP contribution in [0.2, 0.25) is 0 Å². The molecule has 0 atom stereocenters. The van der Waals surface area contributed by atoms with Crippen molar-refractivity contribution in [1.29, 1.82) is 0 Å². The molecule has 0 aliphatic rings. The zero-order valence-electron chi connectivity index (χ0n) is 10.1. The molecule has 100 valence electrons. The van der Waals surface area contributed by atoms with Crippen molar-refractivity contribution in [2.24, 2.45) is 0 Å². The fourth-order valence-electron chi connectivity index (χ4n) is 1.38. The summed E-state index contributed by atoms with van der Waals surface area (Å²) in [5.41, 5.74) is 0. The topological polar surface area (TPSA) is 49.4 Å². The van der Waals surface area contributed by atoms with E-state index in [4.69, 9.17) is 0 Å². The molecule has 1 aromatic rings. The van der Waals surface area contributed by atoms with Crippen LogP contribution in [0.3, 0.4) is 0 Å². The maximum atomic E-state index is 12.3. The van der Waals surface area contributed by atoms with Gasteiger partial charge in [-0.15, -0.1) is 11.3 Å². The second-order valence-electron chi connectivity index (χ2n) is 3.63. The third-order valence-electron chi connectivity index (χ3n) is 2.25. The normalized spacial score (nSPS) is 10.2. The van der Waals surface area contributed by atoms with E-state index in [0.29, 0.717) is 11.4 Å². The Morgan fingerprint density at radius 3 is 2.56 bits per heavy atom. The van der Waals surface area contributed by atoms with Gasteiger partial charge in [0.1, 0.15) is 0 Å². The molecule has 1 rings (SSSR count). The second kappa shape index (κ2) is 7.25. The van der Waals surface area contributed by atoms with Gasteiger partial charge in [0.2, 0.25) is 5.91 Å². The monoisotopic (exact) mass is 396 g/mol. The van der Waals surface area contributed by atoms with E-state index in [-0.39, 0.29) is 18.4 Å². The molecule has 0 aliphatic heterocycles. The van der Waals surface area contributed by atoms with E-state index >= 15 is 0 Å². The van der Waals surface area contributed by atoms with Crippen molar-refractivity contribution in [3.63, 3.8) is 0 Å². The van der Waals surface area contributed by atoms with Crippen LogP contribution in [0.4, 0.5) is 0 Å².